The fourth-order valence-electron chi connectivity index (χ4n) is 2.97. The first kappa shape index (κ1) is 14.5. The van der Waals surface area contributed by atoms with E-state index in [-0.39, 0.29) is 5.91 Å². The lowest BCUT2D eigenvalue weighted by molar-refractivity contribution is -0.125. The second kappa shape index (κ2) is 6.13. The molecule has 2 aliphatic heterocycles. The van der Waals surface area contributed by atoms with Gasteiger partial charge in [-0.3, -0.25) is 4.79 Å². The predicted octanol–water partition coefficient (Wildman–Crippen LogP) is 0.826. The third-order valence-corrected chi connectivity index (χ3v) is 4.15. The van der Waals surface area contributed by atoms with Crippen molar-refractivity contribution in [2.75, 3.05) is 46.0 Å². The Labute approximate surface area is 125 Å². The summed E-state index contributed by atoms with van der Waals surface area (Å²) in [5.41, 5.74) is 1.38. The Hall–Kier alpha value is -1.43. The molecule has 2 aliphatic rings. The Balaban J connectivity index is 1.76. The first-order valence-electron chi connectivity index (χ1n) is 7.48. The lowest BCUT2D eigenvalue weighted by Gasteiger charge is -2.42. The van der Waals surface area contributed by atoms with Crippen LogP contribution in [0.2, 0.25) is 0 Å². The van der Waals surface area contributed by atoms with Gasteiger partial charge in [-0.2, -0.15) is 0 Å². The molecule has 2 saturated heterocycles. The number of rotatable bonds is 1. The maximum absolute atomic E-state index is 12.7. The van der Waals surface area contributed by atoms with Crippen molar-refractivity contribution in [2.24, 2.45) is 0 Å². The van der Waals surface area contributed by atoms with E-state index in [0.29, 0.717) is 32.9 Å². The van der Waals surface area contributed by atoms with Gasteiger partial charge in [0.2, 0.25) is 0 Å². The number of carbonyl (C=O) groups excluding carboxylic acids is 1. The molecule has 0 radical (unpaired) electrons. The standard InChI is InChI=1S/C16H22N2O3/c1-13-4-2-3-5-14(13)15(19)18-7-9-21-16(11-18)10-17-6-8-20-12-16/h2-5,17H,6-12H2,1H3/t16-/m1/s1. The molecule has 0 aliphatic carbocycles. The molecule has 114 valence electrons. The number of nitrogens with one attached hydrogen (secondary N) is 1. The first-order chi connectivity index (χ1) is 10.2. The van der Waals surface area contributed by atoms with Crippen molar-refractivity contribution in [3.8, 4) is 0 Å². The van der Waals surface area contributed by atoms with Crippen LogP contribution in [0.4, 0.5) is 0 Å². The van der Waals surface area contributed by atoms with E-state index in [0.717, 1.165) is 24.2 Å². The maximum atomic E-state index is 12.7. The quantitative estimate of drug-likeness (QED) is 0.832. The molecule has 0 saturated carbocycles. The molecule has 21 heavy (non-hydrogen) atoms. The first-order valence-corrected chi connectivity index (χ1v) is 7.48. The van der Waals surface area contributed by atoms with Crippen LogP contribution >= 0.6 is 0 Å². The second-order valence-electron chi connectivity index (χ2n) is 5.80. The average molecular weight is 290 g/mol. The summed E-state index contributed by atoms with van der Waals surface area (Å²) in [7, 11) is 0. The normalized spacial score (nSPS) is 26.6. The Kier molecular flexibility index (Phi) is 4.24. The van der Waals surface area contributed by atoms with Gasteiger partial charge in [-0.05, 0) is 18.6 Å². The van der Waals surface area contributed by atoms with Crippen molar-refractivity contribution >= 4 is 5.91 Å². The van der Waals surface area contributed by atoms with Crippen LogP contribution in [0.5, 0.6) is 0 Å². The van der Waals surface area contributed by atoms with Gasteiger partial charge in [0.25, 0.3) is 5.91 Å². The predicted molar refractivity (Wildman–Crippen MR) is 79.5 cm³/mol. The van der Waals surface area contributed by atoms with Crippen molar-refractivity contribution in [2.45, 2.75) is 12.5 Å². The molecule has 5 nitrogen and oxygen atoms in total. The largest absolute Gasteiger partial charge is 0.377 e. The monoisotopic (exact) mass is 290 g/mol. The van der Waals surface area contributed by atoms with Crippen LogP contribution in [0, 0.1) is 6.92 Å². The zero-order valence-electron chi connectivity index (χ0n) is 12.4. The van der Waals surface area contributed by atoms with Gasteiger partial charge in [-0.25, -0.2) is 0 Å². The van der Waals surface area contributed by atoms with E-state index in [1.165, 1.54) is 0 Å². The van der Waals surface area contributed by atoms with Crippen molar-refractivity contribution < 1.29 is 14.3 Å². The van der Waals surface area contributed by atoms with Crippen LogP contribution in [0.15, 0.2) is 24.3 Å². The van der Waals surface area contributed by atoms with Gasteiger partial charge in [0.1, 0.15) is 5.60 Å². The van der Waals surface area contributed by atoms with E-state index in [1.807, 2.05) is 36.1 Å². The second-order valence-corrected chi connectivity index (χ2v) is 5.80. The van der Waals surface area contributed by atoms with Crippen molar-refractivity contribution in [1.29, 1.82) is 0 Å². The van der Waals surface area contributed by atoms with Gasteiger partial charge < -0.3 is 19.7 Å². The number of hydrogen-bond donors (Lipinski definition) is 1. The number of benzene rings is 1. The fraction of sp³-hybridized carbons (Fsp3) is 0.562. The summed E-state index contributed by atoms with van der Waals surface area (Å²) in [6.45, 7) is 6.53. The van der Waals surface area contributed by atoms with Gasteiger partial charge in [-0.1, -0.05) is 18.2 Å². The molecule has 1 spiro atoms. The third-order valence-electron chi connectivity index (χ3n) is 4.15. The molecule has 1 aromatic carbocycles. The molecular formula is C16H22N2O3. The minimum absolute atomic E-state index is 0.0834. The lowest BCUT2D eigenvalue weighted by atomic mass is 10.0. The molecule has 0 bridgehead atoms. The van der Waals surface area contributed by atoms with Crippen molar-refractivity contribution in [3.63, 3.8) is 0 Å². The lowest BCUT2D eigenvalue weighted by Crippen LogP contribution is -2.59. The van der Waals surface area contributed by atoms with Crippen molar-refractivity contribution in [3.05, 3.63) is 35.4 Å². The highest BCUT2D eigenvalue weighted by Gasteiger charge is 2.39. The molecular weight excluding hydrogens is 268 g/mol. The summed E-state index contributed by atoms with van der Waals surface area (Å²) < 4.78 is 11.6. The number of carbonyl (C=O) groups is 1. The Morgan fingerprint density at radius 3 is 3.05 bits per heavy atom. The molecule has 1 amide bonds. The smallest absolute Gasteiger partial charge is 0.254 e. The molecule has 2 heterocycles. The number of ether oxygens (including phenoxy) is 2. The van der Waals surface area contributed by atoms with Crippen LogP contribution in [0.3, 0.4) is 0 Å². The van der Waals surface area contributed by atoms with Crippen LogP contribution < -0.4 is 5.32 Å². The topological polar surface area (TPSA) is 50.8 Å². The highest BCUT2D eigenvalue weighted by molar-refractivity contribution is 5.95. The summed E-state index contributed by atoms with van der Waals surface area (Å²) >= 11 is 0. The molecule has 1 N–H and O–H groups in total. The fourth-order valence-corrected chi connectivity index (χ4v) is 2.97. The Morgan fingerprint density at radius 2 is 2.19 bits per heavy atom. The zero-order chi connectivity index (χ0) is 14.7. The number of aryl methyl sites for hydroxylation is 1. The van der Waals surface area contributed by atoms with Crippen LogP contribution in [-0.2, 0) is 9.47 Å². The summed E-state index contributed by atoms with van der Waals surface area (Å²) in [6, 6.07) is 7.73. The number of amides is 1. The van der Waals surface area contributed by atoms with E-state index in [1.54, 1.807) is 0 Å². The van der Waals surface area contributed by atoms with Crippen LogP contribution in [-0.4, -0.2) is 62.4 Å². The minimum atomic E-state index is -0.410. The molecule has 0 aromatic heterocycles. The number of morpholine rings is 1. The van der Waals surface area contributed by atoms with Crippen LogP contribution in [0.25, 0.3) is 0 Å². The molecule has 2 fully saturated rings. The van der Waals surface area contributed by atoms with E-state index < -0.39 is 5.60 Å². The van der Waals surface area contributed by atoms with Gasteiger partial charge in [0, 0.05) is 25.2 Å². The number of nitrogens with zero attached hydrogens (tertiary/aromatic N) is 1. The highest BCUT2D eigenvalue weighted by Crippen LogP contribution is 2.22. The van der Waals surface area contributed by atoms with Crippen LogP contribution in [0.1, 0.15) is 15.9 Å². The van der Waals surface area contributed by atoms with E-state index >= 15 is 0 Å². The van der Waals surface area contributed by atoms with Gasteiger partial charge in [0.05, 0.1) is 26.4 Å². The summed E-state index contributed by atoms with van der Waals surface area (Å²) in [5, 5.41) is 3.33. The molecule has 1 aromatic rings. The average Bonchev–Trinajstić information content (AvgIpc) is 2.73. The summed E-state index contributed by atoms with van der Waals surface area (Å²) in [4.78, 5) is 14.6. The summed E-state index contributed by atoms with van der Waals surface area (Å²) in [6.07, 6.45) is 0. The highest BCUT2D eigenvalue weighted by atomic mass is 16.5. The van der Waals surface area contributed by atoms with Crippen molar-refractivity contribution in [1.82, 2.24) is 10.2 Å². The molecule has 5 heteroatoms. The van der Waals surface area contributed by atoms with Gasteiger partial charge in [-0.15, -0.1) is 0 Å². The number of hydrogen-bond acceptors (Lipinski definition) is 4. The van der Waals surface area contributed by atoms with Gasteiger partial charge in [0.15, 0.2) is 0 Å². The third kappa shape index (κ3) is 3.10. The zero-order valence-corrected chi connectivity index (χ0v) is 12.4. The van der Waals surface area contributed by atoms with E-state index in [4.69, 9.17) is 9.47 Å². The van der Waals surface area contributed by atoms with Gasteiger partial charge >= 0.3 is 0 Å². The van der Waals surface area contributed by atoms with E-state index in [9.17, 15) is 4.79 Å². The molecule has 0 unspecified atom stereocenters. The molecule has 3 rings (SSSR count). The Bertz CT molecular complexity index is 510. The SMILES string of the molecule is Cc1ccccc1C(=O)N1CCO[C@]2(CNCCOC2)C1. The minimum Gasteiger partial charge on any atom is -0.377 e. The Morgan fingerprint density at radius 1 is 1.33 bits per heavy atom. The van der Waals surface area contributed by atoms with E-state index in [2.05, 4.69) is 5.32 Å². The summed E-state index contributed by atoms with van der Waals surface area (Å²) in [5.74, 6) is 0.0834. The molecule has 1 atom stereocenters. The maximum Gasteiger partial charge on any atom is 0.254 e.